The fourth-order valence-corrected chi connectivity index (χ4v) is 5.96. The number of carbonyl (C=O) groups excluding carboxylic acids is 1. The van der Waals surface area contributed by atoms with E-state index in [9.17, 15) is 4.79 Å². The Morgan fingerprint density at radius 2 is 1.97 bits per heavy atom. The van der Waals surface area contributed by atoms with Crippen molar-refractivity contribution in [1.29, 1.82) is 0 Å². The van der Waals surface area contributed by atoms with Crippen LogP contribution in [0.15, 0.2) is 46.7 Å². The molecule has 0 aliphatic carbocycles. The smallest absolute Gasteiger partial charge is 0.252 e. The number of fused-ring (bicyclic) bond motifs is 2. The first-order valence-corrected chi connectivity index (χ1v) is 11.5. The van der Waals surface area contributed by atoms with Gasteiger partial charge in [0.25, 0.3) is 5.91 Å². The van der Waals surface area contributed by atoms with Crippen molar-refractivity contribution < 1.29 is 9.21 Å². The second kappa shape index (κ2) is 7.36. The first-order chi connectivity index (χ1) is 14.4. The number of allylic oxidation sites excluding steroid dienone is 1. The van der Waals surface area contributed by atoms with Crippen molar-refractivity contribution in [2.45, 2.75) is 45.6 Å². The lowest BCUT2D eigenvalue weighted by molar-refractivity contribution is -0.123. The van der Waals surface area contributed by atoms with E-state index in [0.717, 1.165) is 52.2 Å². The summed E-state index contributed by atoms with van der Waals surface area (Å²) < 4.78 is 6.11. The van der Waals surface area contributed by atoms with Crippen LogP contribution in [0, 0.1) is 13.8 Å². The quantitative estimate of drug-likeness (QED) is 0.748. The largest absolute Gasteiger partial charge is 0.454 e. The lowest BCUT2D eigenvalue weighted by Crippen LogP contribution is -2.54. The van der Waals surface area contributed by atoms with Gasteiger partial charge in [-0.25, -0.2) is 0 Å². The first-order valence-electron chi connectivity index (χ1n) is 10.5. The summed E-state index contributed by atoms with van der Waals surface area (Å²) in [6.45, 7) is 10.2. The first kappa shape index (κ1) is 19.5. The van der Waals surface area contributed by atoms with Crippen molar-refractivity contribution in [3.05, 3.63) is 59.4 Å². The van der Waals surface area contributed by atoms with Crippen LogP contribution in [0.3, 0.4) is 0 Å². The summed E-state index contributed by atoms with van der Waals surface area (Å²) in [5, 5.41) is 5.57. The van der Waals surface area contributed by atoms with Crippen molar-refractivity contribution >= 4 is 30.8 Å². The molecule has 2 aromatic rings. The molecule has 0 aromatic carbocycles. The van der Waals surface area contributed by atoms with E-state index < -0.39 is 0 Å². The molecule has 6 nitrogen and oxygen atoms in total. The van der Waals surface area contributed by atoms with Crippen molar-refractivity contribution in [2.75, 3.05) is 13.1 Å². The van der Waals surface area contributed by atoms with Crippen molar-refractivity contribution in [3.63, 3.8) is 0 Å². The standard InChI is InChI=1S/C23H27N4O2P/c1-13-7-17-8-19(29-23(17)16(4)25-13)20-9-21(28)27-12-18(5-6-22(27)30-20)26-10-14(2)24-15(3)11-26/h5-9,12,14-15,22,24,30H,10-11H2,1-4H3/t14-,15+,22?. The van der Waals surface area contributed by atoms with Gasteiger partial charge in [0, 0.05) is 53.8 Å². The van der Waals surface area contributed by atoms with Gasteiger partial charge in [0.15, 0.2) is 5.58 Å². The van der Waals surface area contributed by atoms with Gasteiger partial charge in [-0.1, -0.05) is 14.7 Å². The van der Waals surface area contributed by atoms with E-state index in [0.29, 0.717) is 20.7 Å². The zero-order valence-electron chi connectivity index (χ0n) is 17.8. The fourth-order valence-electron chi connectivity index (χ4n) is 4.63. The summed E-state index contributed by atoms with van der Waals surface area (Å²) in [5.41, 5.74) is 3.77. The lowest BCUT2D eigenvalue weighted by atomic mass is 10.1. The molecule has 1 fully saturated rings. The molecule has 4 atom stereocenters. The molecule has 5 heterocycles. The number of pyridine rings is 1. The highest BCUT2D eigenvalue weighted by Crippen LogP contribution is 2.46. The van der Waals surface area contributed by atoms with Crippen LogP contribution in [0.5, 0.6) is 0 Å². The van der Waals surface area contributed by atoms with Gasteiger partial charge in [0.05, 0.1) is 17.2 Å². The molecular formula is C23H27N4O2P. The molecule has 1 amide bonds. The molecule has 1 saturated heterocycles. The second-order valence-corrected chi connectivity index (χ2v) is 9.98. The maximum Gasteiger partial charge on any atom is 0.252 e. The van der Waals surface area contributed by atoms with Crippen LogP contribution < -0.4 is 5.32 Å². The van der Waals surface area contributed by atoms with Crippen LogP contribution in [0.2, 0.25) is 0 Å². The van der Waals surface area contributed by atoms with Gasteiger partial charge >= 0.3 is 0 Å². The minimum Gasteiger partial charge on any atom is -0.454 e. The van der Waals surface area contributed by atoms with Crippen molar-refractivity contribution in [1.82, 2.24) is 20.1 Å². The van der Waals surface area contributed by atoms with E-state index in [2.05, 4.69) is 41.2 Å². The molecule has 2 unspecified atom stereocenters. The number of nitrogens with zero attached hydrogens (tertiary/aromatic N) is 3. The normalized spacial score (nSPS) is 27.5. The number of furan rings is 1. The van der Waals surface area contributed by atoms with E-state index in [1.807, 2.05) is 37.1 Å². The van der Waals surface area contributed by atoms with Gasteiger partial charge in [0.2, 0.25) is 0 Å². The maximum atomic E-state index is 13.0. The monoisotopic (exact) mass is 422 g/mol. The minimum absolute atomic E-state index is 0.0123. The number of aryl methyl sites for hydroxylation is 2. The summed E-state index contributed by atoms with van der Waals surface area (Å²) >= 11 is 0. The average molecular weight is 422 g/mol. The van der Waals surface area contributed by atoms with Crippen LogP contribution in [0.1, 0.15) is 31.0 Å². The molecule has 0 saturated carbocycles. The van der Waals surface area contributed by atoms with Gasteiger partial charge in [-0.3, -0.25) is 9.78 Å². The molecule has 0 bridgehead atoms. The van der Waals surface area contributed by atoms with E-state index in [1.54, 1.807) is 6.08 Å². The Balaban J connectivity index is 1.42. The number of nitrogens with one attached hydrogen (secondary N) is 1. The molecule has 3 aliphatic rings. The van der Waals surface area contributed by atoms with Gasteiger partial charge in [-0.15, -0.1) is 0 Å². The molecule has 1 N–H and O–H groups in total. The Labute approximate surface area is 178 Å². The maximum absolute atomic E-state index is 13.0. The predicted octanol–water partition coefficient (Wildman–Crippen LogP) is 3.73. The topological polar surface area (TPSA) is 61.6 Å². The van der Waals surface area contributed by atoms with Crippen molar-refractivity contribution in [2.24, 2.45) is 0 Å². The van der Waals surface area contributed by atoms with Gasteiger partial charge < -0.3 is 19.5 Å². The number of aromatic nitrogens is 1. The van der Waals surface area contributed by atoms with Gasteiger partial charge in [-0.05, 0) is 45.9 Å². The van der Waals surface area contributed by atoms with Crippen LogP contribution in [-0.2, 0) is 4.79 Å². The SMILES string of the molecule is Cc1cc2cc(C3=CC(=O)N4C=C(N5C[C@@H](C)N[C@@H](C)C5)C=CC4P3)oc2c(C)n1. The van der Waals surface area contributed by atoms with E-state index in [1.165, 1.54) is 0 Å². The van der Waals surface area contributed by atoms with Crippen LogP contribution >= 0.6 is 8.58 Å². The minimum atomic E-state index is 0.0123. The molecule has 7 heteroatoms. The summed E-state index contributed by atoms with van der Waals surface area (Å²) in [4.78, 5) is 21.7. The molecular weight excluding hydrogens is 395 g/mol. The third-order valence-corrected chi connectivity index (χ3v) is 7.30. The second-order valence-electron chi connectivity index (χ2n) is 8.56. The third-order valence-electron chi connectivity index (χ3n) is 5.83. The number of hydrogen-bond donors (Lipinski definition) is 1. The van der Waals surface area contributed by atoms with Crippen LogP contribution in [0.25, 0.3) is 16.3 Å². The highest BCUT2D eigenvalue weighted by Gasteiger charge is 2.31. The van der Waals surface area contributed by atoms with Crippen LogP contribution in [-0.4, -0.2) is 51.6 Å². The number of amides is 1. The Morgan fingerprint density at radius 3 is 2.73 bits per heavy atom. The van der Waals surface area contributed by atoms with Crippen molar-refractivity contribution in [3.8, 4) is 0 Å². The number of hydrogen-bond acceptors (Lipinski definition) is 5. The Hall–Kier alpha value is -2.43. The van der Waals surface area contributed by atoms with E-state index >= 15 is 0 Å². The number of piperazine rings is 1. The summed E-state index contributed by atoms with van der Waals surface area (Å²) in [5.74, 6) is 0.839. The molecule has 2 aromatic heterocycles. The molecule has 0 radical (unpaired) electrons. The third kappa shape index (κ3) is 3.48. The Kier molecular flexibility index (Phi) is 4.79. The summed E-state index contributed by atoms with van der Waals surface area (Å²) in [7, 11) is 0.443. The average Bonchev–Trinajstić information content (AvgIpc) is 3.11. The fraction of sp³-hybridized carbons (Fsp3) is 0.391. The molecule has 156 valence electrons. The highest BCUT2D eigenvalue weighted by molar-refractivity contribution is 7.51. The zero-order chi connectivity index (χ0) is 21.0. The lowest BCUT2D eigenvalue weighted by Gasteiger charge is -2.41. The predicted molar refractivity (Wildman–Crippen MR) is 121 cm³/mol. The Bertz CT molecular complexity index is 1110. The molecule has 30 heavy (non-hydrogen) atoms. The summed E-state index contributed by atoms with van der Waals surface area (Å²) in [6, 6.07) is 4.93. The highest BCUT2D eigenvalue weighted by atomic mass is 31.1. The van der Waals surface area contributed by atoms with E-state index in [-0.39, 0.29) is 11.7 Å². The van der Waals surface area contributed by atoms with Gasteiger partial charge in [-0.2, -0.15) is 0 Å². The summed E-state index contributed by atoms with van der Waals surface area (Å²) in [6.07, 6.45) is 8.09. The van der Waals surface area contributed by atoms with Gasteiger partial charge in [0.1, 0.15) is 5.76 Å². The van der Waals surface area contributed by atoms with Crippen LogP contribution in [0.4, 0.5) is 0 Å². The number of rotatable bonds is 2. The zero-order valence-corrected chi connectivity index (χ0v) is 18.8. The molecule has 0 spiro atoms. The Morgan fingerprint density at radius 1 is 1.20 bits per heavy atom. The number of carbonyl (C=O) groups is 1. The molecule has 3 aliphatic heterocycles. The van der Waals surface area contributed by atoms with E-state index in [4.69, 9.17) is 4.42 Å². The molecule has 5 rings (SSSR count).